The van der Waals surface area contributed by atoms with E-state index in [9.17, 15) is 9.90 Å². The molecule has 0 aliphatic rings. The Kier molecular flexibility index (Phi) is 9.83. The summed E-state index contributed by atoms with van der Waals surface area (Å²) in [4.78, 5) is 10.6. The highest BCUT2D eigenvalue weighted by Crippen LogP contribution is 2.14. The average Bonchev–Trinajstić information content (AvgIpc) is 2.31. The first kappa shape index (κ1) is 16.2. The van der Waals surface area contributed by atoms with Gasteiger partial charge in [-0.3, -0.25) is 4.79 Å². The molecule has 0 heterocycles. The molecule has 3 heteroatoms. The molecule has 0 fully saturated rings. The summed E-state index contributed by atoms with van der Waals surface area (Å²) >= 11 is 0. The van der Waals surface area contributed by atoms with E-state index in [0.717, 1.165) is 19.3 Å². The molecule has 100 valence electrons. The number of unbranched alkanes of at least 4 members (excludes halogenated alkanes) is 6. The minimum atomic E-state index is -0.915. The van der Waals surface area contributed by atoms with E-state index in [-0.39, 0.29) is 0 Å². The lowest BCUT2D eigenvalue weighted by Crippen LogP contribution is -2.25. The fourth-order valence-corrected chi connectivity index (χ4v) is 1.76. The third-order valence-electron chi connectivity index (χ3n) is 3.12. The number of hydrogen-bond acceptors (Lipinski definition) is 2. The Morgan fingerprint density at radius 2 is 1.71 bits per heavy atom. The van der Waals surface area contributed by atoms with Crippen molar-refractivity contribution < 1.29 is 15.0 Å². The summed E-state index contributed by atoms with van der Waals surface area (Å²) in [6, 6.07) is 0. The number of carboxylic acid groups (broad SMARTS) is 1. The molecular weight excluding hydrogens is 216 g/mol. The Bertz CT molecular complexity index is 214. The minimum absolute atomic E-state index is 0.597. The number of aliphatic hydroxyl groups is 1. The van der Waals surface area contributed by atoms with Crippen molar-refractivity contribution in [1.29, 1.82) is 0 Å². The first-order chi connectivity index (χ1) is 8.09. The van der Waals surface area contributed by atoms with Crippen LogP contribution in [0.5, 0.6) is 0 Å². The van der Waals surface area contributed by atoms with Crippen LogP contribution in [-0.4, -0.2) is 22.3 Å². The van der Waals surface area contributed by atoms with E-state index >= 15 is 0 Å². The van der Waals surface area contributed by atoms with E-state index < -0.39 is 18.0 Å². The van der Waals surface area contributed by atoms with Crippen molar-refractivity contribution in [3.63, 3.8) is 0 Å². The molecule has 0 saturated carbocycles. The Balaban J connectivity index is 3.33. The van der Waals surface area contributed by atoms with E-state index in [0.29, 0.717) is 6.42 Å². The van der Waals surface area contributed by atoms with Gasteiger partial charge in [-0.05, 0) is 26.2 Å². The van der Waals surface area contributed by atoms with Crippen molar-refractivity contribution in [3.8, 4) is 0 Å². The zero-order valence-electron chi connectivity index (χ0n) is 10.9. The molecule has 0 bridgehead atoms. The minimum Gasteiger partial charge on any atom is -0.481 e. The van der Waals surface area contributed by atoms with Gasteiger partial charge in [0.2, 0.25) is 0 Å². The van der Waals surface area contributed by atoms with Gasteiger partial charge in [-0.1, -0.05) is 38.2 Å². The summed E-state index contributed by atoms with van der Waals surface area (Å²) in [5, 5.41) is 18.3. The van der Waals surface area contributed by atoms with Crippen molar-refractivity contribution in [3.05, 3.63) is 12.7 Å². The highest BCUT2D eigenvalue weighted by Gasteiger charge is 2.20. The maximum absolute atomic E-state index is 10.6. The fraction of sp³-hybridized carbons (Fsp3) is 0.786. The maximum atomic E-state index is 10.6. The summed E-state index contributed by atoms with van der Waals surface area (Å²) in [6.45, 7) is 5.24. The molecule has 0 rings (SSSR count). The highest BCUT2D eigenvalue weighted by molar-refractivity contribution is 5.70. The number of carbonyl (C=O) groups is 1. The van der Waals surface area contributed by atoms with Gasteiger partial charge in [0.05, 0.1) is 12.0 Å². The molecule has 0 aromatic heterocycles. The third kappa shape index (κ3) is 8.93. The molecule has 2 unspecified atom stereocenters. The lowest BCUT2D eigenvalue weighted by molar-refractivity contribution is -0.144. The predicted octanol–water partition coefficient (Wildman–Crippen LogP) is 3.37. The van der Waals surface area contributed by atoms with Crippen molar-refractivity contribution in [1.82, 2.24) is 0 Å². The molecule has 0 aliphatic heterocycles. The summed E-state index contributed by atoms with van der Waals surface area (Å²) in [5.41, 5.74) is 0. The van der Waals surface area contributed by atoms with Gasteiger partial charge in [0.15, 0.2) is 0 Å². The van der Waals surface area contributed by atoms with Crippen LogP contribution >= 0.6 is 0 Å². The molecule has 0 radical (unpaired) electrons. The van der Waals surface area contributed by atoms with Crippen LogP contribution in [0.3, 0.4) is 0 Å². The van der Waals surface area contributed by atoms with Crippen LogP contribution in [-0.2, 0) is 4.79 Å². The topological polar surface area (TPSA) is 57.5 Å². The van der Waals surface area contributed by atoms with Gasteiger partial charge in [0.1, 0.15) is 0 Å². The Morgan fingerprint density at radius 3 is 2.24 bits per heavy atom. The quantitative estimate of drug-likeness (QED) is 0.431. The molecular formula is C14H26O3. The molecule has 2 atom stereocenters. The highest BCUT2D eigenvalue weighted by atomic mass is 16.4. The predicted molar refractivity (Wildman–Crippen MR) is 69.9 cm³/mol. The zero-order valence-corrected chi connectivity index (χ0v) is 10.9. The lowest BCUT2D eigenvalue weighted by Gasteiger charge is -2.14. The van der Waals surface area contributed by atoms with Crippen LogP contribution in [0.4, 0.5) is 0 Å². The second-order valence-corrected chi connectivity index (χ2v) is 4.68. The number of allylic oxidation sites excluding steroid dienone is 1. The number of rotatable bonds is 11. The van der Waals surface area contributed by atoms with Crippen LogP contribution in [0.1, 0.15) is 58.3 Å². The number of hydrogen-bond donors (Lipinski definition) is 2. The SMILES string of the molecule is C=CCCCCCCCCC(O)C(C)C(=O)O. The van der Waals surface area contributed by atoms with Gasteiger partial charge in [0, 0.05) is 0 Å². The summed E-state index contributed by atoms with van der Waals surface area (Å²) in [7, 11) is 0. The molecule has 0 aromatic rings. The van der Waals surface area contributed by atoms with Gasteiger partial charge in [-0.15, -0.1) is 6.58 Å². The van der Waals surface area contributed by atoms with Crippen LogP contribution in [0.2, 0.25) is 0 Å². The van der Waals surface area contributed by atoms with E-state index in [2.05, 4.69) is 6.58 Å². The van der Waals surface area contributed by atoms with Crippen molar-refractivity contribution in [2.75, 3.05) is 0 Å². The van der Waals surface area contributed by atoms with Gasteiger partial charge < -0.3 is 10.2 Å². The summed E-state index contributed by atoms with van der Waals surface area (Å²) < 4.78 is 0. The Hall–Kier alpha value is -0.830. The number of carboxylic acids is 1. The first-order valence-corrected chi connectivity index (χ1v) is 6.61. The van der Waals surface area contributed by atoms with Crippen molar-refractivity contribution in [2.24, 2.45) is 5.92 Å². The molecule has 2 N–H and O–H groups in total. The van der Waals surface area contributed by atoms with E-state index in [4.69, 9.17) is 5.11 Å². The van der Waals surface area contributed by atoms with E-state index in [1.54, 1.807) is 6.92 Å². The molecule has 17 heavy (non-hydrogen) atoms. The molecule has 3 nitrogen and oxygen atoms in total. The molecule has 0 aromatic carbocycles. The first-order valence-electron chi connectivity index (χ1n) is 6.61. The van der Waals surface area contributed by atoms with Crippen LogP contribution < -0.4 is 0 Å². The van der Waals surface area contributed by atoms with Gasteiger partial charge in [-0.25, -0.2) is 0 Å². The van der Waals surface area contributed by atoms with Crippen LogP contribution in [0.25, 0.3) is 0 Å². The molecule has 0 amide bonds. The van der Waals surface area contributed by atoms with Gasteiger partial charge in [-0.2, -0.15) is 0 Å². The molecule has 0 aliphatic carbocycles. The number of aliphatic hydroxyl groups excluding tert-OH is 1. The Labute approximate surface area is 105 Å². The zero-order chi connectivity index (χ0) is 13.1. The normalized spacial score (nSPS) is 14.2. The maximum Gasteiger partial charge on any atom is 0.308 e. The Morgan fingerprint density at radius 1 is 1.18 bits per heavy atom. The average molecular weight is 242 g/mol. The standard InChI is InChI=1S/C14H26O3/c1-3-4-5-6-7-8-9-10-11-13(15)12(2)14(16)17/h3,12-13,15H,1,4-11H2,2H3,(H,16,17). The largest absolute Gasteiger partial charge is 0.481 e. The van der Waals surface area contributed by atoms with Crippen molar-refractivity contribution >= 4 is 5.97 Å². The summed E-state index contributed by atoms with van der Waals surface area (Å²) in [5.74, 6) is -1.57. The summed E-state index contributed by atoms with van der Waals surface area (Å²) in [6.07, 6.45) is 9.77. The fourth-order valence-electron chi connectivity index (χ4n) is 1.76. The second kappa shape index (κ2) is 10.3. The van der Waals surface area contributed by atoms with E-state index in [1.807, 2.05) is 6.08 Å². The van der Waals surface area contributed by atoms with Gasteiger partial charge >= 0.3 is 5.97 Å². The third-order valence-corrected chi connectivity index (χ3v) is 3.12. The molecule has 0 spiro atoms. The van der Waals surface area contributed by atoms with Crippen LogP contribution in [0.15, 0.2) is 12.7 Å². The molecule has 0 saturated heterocycles. The van der Waals surface area contributed by atoms with Crippen LogP contribution in [0, 0.1) is 5.92 Å². The monoisotopic (exact) mass is 242 g/mol. The number of aliphatic carboxylic acids is 1. The lowest BCUT2D eigenvalue weighted by atomic mass is 9.98. The smallest absolute Gasteiger partial charge is 0.308 e. The van der Waals surface area contributed by atoms with Crippen molar-refractivity contribution in [2.45, 2.75) is 64.4 Å². The van der Waals surface area contributed by atoms with Gasteiger partial charge in [0.25, 0.3) is 0 Å². The second-order valence-electron chi connectivity index (χ2n) is 4.68. The van der Waals surface area contributed by atoms with E-state index in [1.165, 1.54) is 25.7 Å².